The van der Waals surface area contributed by atoms with Crippen LogP contribution in [-0.2, 0) is 6.42 Å². The fourth-order valence-electron chi connectivity index (χ4n) is 2.89. The van der Waals surface area contributed by atoms with Gasteiger partial charge in [0.2, 0.25) is 0 Å². The lowest BCUT2D eigenvalue weighted by Gasteiger charge is -2.13. The van der Waals surface area contributed by atoms with E-state index in [1.807, 2.05) is 55.5 Å². The lowest BCUT2D eigenvalue weighted by atomic mass is 10.2. The molecule has 0 unspecified atom stereocenters. The largest absolute Gasteiger partial charge is 0.493 e. The van der Waals surface area contributed by atoms with Gasteiger partial charge in [0.25, 0.3) is 5.91 Å². The molecule has 0 saturated heterocycles. The van der Waals surface area contributed by atoms with E-state index in [1.165, 1.54) is 5.56 Å². The summed E-state index contributed by atoms with van der Waals surface area (Å²) in [5.74, 6) is 0.873. The average molecular weight is 499 g/mol. The highest BCUT2D eigenvalue weighted by Crippen LogP contribution is 2.23. The van der Waals surface area contributed by atoms with Crippen LogP contribution in [0.25, 0.3) is 0 Å². The molecule has 3 aromatic carbocycles. The number of hydrogen-bond donors (Lipinski definition) is 2. The minimum Gasteiger partial charge on any atom is -0.493 e. The molecule has 0 bridgehead atoms. The summed E-state index contributed by atoms with van der Waals surface area (Å²) < 4.78 is 12.2. The molecule has 0 aromatic heterocycles. The third-order valence-electron chi connectivity index (χ3n) is 4.31. The molecule has 31 heavy (non-hydrogen) atoms. The van der Waals surface area contributed by atoms with Crippen molar-refractivity contribution in [1.29, 1.82) is 0 Å². The molecule has 1 amide bonds. The predicted octanol–water partition coefficient (Wildman–Crippen LogP) is 5.60. The van der Waals surface area contributed by atoms with E-state index >= 15 is 0 Å². The van der Waals surface area contributed by atoms with Crippen LogP contribution in [0.1, 0.15) is 22.8 Å². The van der Waals surface area contributed by atoms with E-state index in [2.05, 4.69) is 38.7 Å². The number of hydrogen-bond acceptors (Lipinski definition) is 4. The number of carbonyl (C=O) groups is 1. The van der Waals surface area contributed by atoms with Gasteiger partial charge in [0.05, 0.1) is 18.8 Å². The normalized spacial score (nSPS) is 10.3. The zero-order valence-corrected chi connectivity index (χ0v) is 19.5. The van der Waals surface area contributed by atoms with E-state index in [1.54, 1.807) is 12.1 Å². The molecule has 3 aromatic rings. The van der Waals surface area contributed by atoms with Crippen LogP contribution in [0.15, 0.2) is 77.3 Å². The summed E-state index contributed by atoms with van der Waals surface area (Å²) in [6.45, 7) is 2.89. The topological polar surface area (TPSA) is 59.6 Å². The van der Waals surface area contributed by atoms with E-state index in [0.717, 1.165) is 22.3 Å². The summed E-state index contributed by atoms with van der Waals surface area (Å²) in [4.78, 5) is 12.7. The van der Waals surface area contributed by atoms with Crippen molar-refractivity contribution in [3.8, 4) is 11.5 Å². The first-order valence-electron chi connectivity index (χ1n) is 9.86. The highest BCUT2D eigenvalue weighted by molar-refractivity contribution is 9.10. The molecule has 3 rings (SSSR count). The second-order valence-corrected chi connectivity index (χ2v) is 7.92. The van der Waals surface area contributed by atoms with Crippen LogP contribution in [0.5, 0.6) is 11.5 Å². The Labute approximate surface area is 195 Å². The van der Waals surface area contributed by atoms with Gasteiger partial charge < -0.3 is 14.8 Å². The highest BCUT2D eigenvalue weighted by atomic mass is 79.9. The van der Waals surface area contributed by atoms with Crippen LogP contribution in [0, 0.1) is 0 Å². The van der Waals surface area contributed by atoms with Crippen molar-refractivity contribution in [2.75, 3.05) is 18.5 Å². The van der Waals surface area contributed by atoms with E-state index in [9.17, 15) is 4.79 Å². The SMILES string of the molecule is CCOc1ccc(Br)cc1C(=O)NC(=S)Nc1cccc(OCCc2ccccc2)c1. The Balaban J connectivity index is 1.56. The quantitative estimate of drug-likeness (QED) is 0.396. The van der Waals surface area contributed by atoms with Crippen molar-refractivity contribution in [1.82, 2.24) is 5.32 Å². The molecule has 0 heterocycles. The molecule has 5 nitrogen and oxygen atoms in total. The van der Waals surface area contributed by atoms with Crippen LogP contribution in [0.4, 0.5) is 5.69 Å². The van der Waals surface area contributed by atoms with E-state index in [4.69, 9.17) is 21.7 Å². The van der Waals surface area contributed by atoms with Gasteiger partial charge in [0, 0.05) is 22.6 Å². The first-order chi connectivity index (χ1) is 15.0. The van der Waals surface area contributed by atoms with Gasteiger partial charge in [-0.05, 0) is 55.0 Å². The maximum Gasteiger partial charge on any atom is 0.261 e. The summed E-state index contributed by atoms with van der Waals surface area (Å²) >= 11 is 8.69. The molecule has 0 saturated carbocycles. The molecule has 7 heteroatoms. The molecule has 0 aliphatic heterocycles. The molecule has 2 N–H and O–H groups in total. The second kappa shape index (κ2) is 11.5. The summed E-state index contributed by atoms with van der Waals surface area (Å²) in [5.41, 5.74) is 2.35. The average Bonchev–Trinajstić information content (AvgIpc) is 2.76. The monoisotopic (exact) mass is 498 g/mol. The van der Waals surface area contributed by atoms with Gasteiger partial charge in [-0.3, -0.25) is 10.1 Å². The van der Waals surface area contributed by atoms with Crippen molar-refractivity contribution in [3.63, 3.8) is 0 Å². The zero-order valence-electron chi connectivity index (χ0n) is 17.1. The number of thiocarbonyl (C=S) groups is 1. The van der Waals surface area contributed by atoms with Crippen molar-refractivity contribution in [2.24, 2.45) is 0 Å². The van der Waals surface area contributed by atoms with Crippen LogP contribution in [0.3, 0.4) is 0 Å². The Kier molecular flexibility index (Phi) is 8.44. The second-order valence-electron chi connectivity index (χ2n) is 6.59. The standard InChI is InChI=1S/C24H23BrN2O3S/c1-2-29-22-12-11-18(25)15-21(22)23(28)27-24(31)26-19-9-6-10-20(16-19)30-14-13-17-7-4-3-5-8-17/h3-12,15-16H,2,13-14H2,1H3,(H2,26,27,28,31). The third-order valence-corrected chi connectivity index (χ3v) is 5.00. The fraction of sp³-hybridized carbons (Fsp3) is 0.167. The maximum absolute atomic E-state index is 12.7. The maximum atomic E-state index is 12.7. The van der Waals surface area contributed by atoms with Crippen molar-refractivity contribution in [2.45, 2.75) is 13.3 Å². The van der Waals surface area contributed by atoms with Gasteiger partial charge in [-0.2, -0.15) is 0 Å². The smallest absolute Gasteiger partial charge is 0.261 e. The fourth-order valence-corrected chi connectivity index (χ4v) is 3.46. The number of halogens is 1. The highest BCUT2D eigenvalue weighted by Gasteiger charge is 2.15. The Morgan fingerprint density at radius 1 is 1.00 bits per heavy atom. The van der Waals surface area contributed by atoms with Gasteiger partial charge >= 0.3 is 0 Å². The summed E-state index contributed by atoms with van der Waals surface area (Å²) in [6, 6.07) is 22.9. The van der Waals surface area contributed by atoms with E-state index < -0.39 is 0 Å². The minimum atomic E-state index is -0.350. The molecule has 0 atom stereocenters. The molecule has 0 aliphatic rings. The third kappa shape index (κ3) is 7.08. The van der Waals surface area contributed by atoms with Gasteiger partial charge in [-0.25, -0.2) is 0 Å². The zero-order chi connectivity index (χ0) is 22.1. The number of ether oxygens (including phenoxy) is 2. The Bertz CT molecular complexity index is 1040. The molecule has 0 spiro atoms. The Morgan fingerprint density at radius 3 is 2.58 bits per heavy atom. The number of rotatable bonds is 8. The van der Waals surface area contributed by atoms with Crippen molar-refractivity contribution >= 4 is 44.9 Å². The lowest BCUT2D eigenvalue weighted by molar-refractivity contribution is 0.0974. The predicted molar refractivity (Wildman–Crippen MR) is 131 cm³/mol. The number of nitrogens with one attached hydrogen (secondary N) is 2. The minimum absolute atomic E-state index is 0.189. The van der Waals surface area contributed by atoms with Crippen LogP contribution in [0.2, 0.25) is 0 Å². The van der Waals surface area contributed by atoms with Gasteiger partial charge in [-0.15, -0.1) is 0 Å². The van der Waals surface area contributed by atoms with Crippen LogP contribution in [-0.4, -0.2) is 24.2 Å². The van der Waals surface area contributed by atoms with Gasteiger partial charge in [0.1, 0.15) is 11.5 Å². The van der Waals surface area contributed by atoms with Crippen LogP contribution < -0.4 is 20.1 Å². The number of carbonyl (C=O) groups excluding carboxylic acids is 1. The first kappa shape index (κ1) is 22.8. The van der Waals surface area contributed by atoms with Gasteiger partial charge in [-0.1, -0.05) is 52.3 Å². The molecule has 0 aliphatic carbocycles. The summed E-state index contributed by atoms with van der Waals surface area (Å²) in [6.07, 6.45) is 0.821. The van der Waals surface area contributed by atoms with E-state index in [0.29, 0.717) is 24.5 Å². The van der Waals surface area contributed by atoms with Crippen molar-refractivity contribution < 1.29 is 14.3 Å². The molecule has 0 fully saturated rings. The molecule has 160 valence electrons. The summed E-state index contributed by atoms with van der Waals surface area (Å²) in [5, 5.41) is 5.91. The van der Waals surface area contributed by atoms with E-state index in [-0.39, 0.29) is 11.0 Å². The van der Waals surface area contributed by atoms with Gasteiger partial charge in [0.15, 0.2) is 5.11 Å². The lowest BCUT2D eigenvalue weighted by Crippen LogP contribution is -2.34. The molecule has 0 radical (unpaired) electrons. The molecular formula is C24H23BrN2O3S. The molecular weight excluding hydrogens is 476 g/mol. The Hall–Kier alpha value is -2.90. The summed E-state index contributed by atoms with van der Waals surface area (Å²) in [7, 11) is 0. The number of anilines is 1. The first-order valence-corrected chi connectivity index (χ1v) is 11.1. The number of benzene rings is 3. The van der Waals surface area contributed by atoms with Crippen molar-refractivity contribution in [3.05, 3.63) is 88.4 Å². The number of amides is 1. The Morgan fingerprint density at radius 2 is 1.81 bits per heavy atom. The van der Waals surface area contributed by atoms with Crippen LogP contribution >= 0.6 is 28.1 Å².